The number of carbonyl (C=O) groups is 2. The van der Waals surface area contributed by atoms with Crippen LogP contribution >= 0.6 is 0 Å². The Labute approximate surface area is 215 Å². The molecule has 1 fully saturated rings. The first-order valence-electron chi connectivity index (χ1n) is 12.0. The molecule has 190 valence electrons. The quantitative estimate of drug-likeness (QED) is 0.352. The standard InChI is InChI=1S/C27H28N6O4/c1-18(2)37-26(35)22-17-21(7-8-24(22)33-13-15-36-16-14-33)31-27-30-11-9-23(32-27)19-3-5-20(6-4-19)25(34)29-12-10-28/h3-9,11,17-18H,12-16H2,1-2H3,(H,29,34)(H,30,31,32). The van der Waals surface area contributed by atoms with Crippen LogP contribution in [0, 0.1) is 11.3 Å². The van der Waals surface area contributed by atoms with Gasteiger partial charge in [-0.15, -0.1) is 0 Å². The van der Waals surface area contributed by atoms with E-state index in [9.17, 15) is 9.59 Å². The Kier molecular flexibility index (Phi) is 8.28. The Bertz CT molecular complexity index is 1300. The lowest BCUT2D eigenvalue weighted by molar-refractivity contribution is 0.0378. The molecule has 0 bridgehead atoms. The molecule has 0 spiro atoms. The number of nitrogens with one attached hydrogen (secondary N) is 2. The number of morpholine rings is 1. The van der Waals surface area contributed by atoms with Crippen molar-refractivity contribution in [3.05, 3.63) is 65.9 Å². The molecule has 0 radical (unpaired) electrons. The maximum atomic E-state index is 12.9. The van der Waals surface area contributed by atoms with Gasteiger partial charge in [-0.05, 0) is 50.2 Å². The molecular weight excluding hydrogens is 472 g/mol. The van der Waals surface area contributed by atoms with Crippen LogP contribution < -0.4 is 15.5 Å². The third kappa shape index (κ3) is 6.59. The smallest absolute Gasteiger partial charge is 0.340 e. The number of nitrogens with zero attached hydrogens (tertiary/aromatic N) is 4. The highest BCUT2D eigenvalue weighted by Gasteiger charge is 2.21. The Hall–Kier alpha value is -4.49. The van der Waals surface area contributed by atoms with Crippen molar-refractivity contribution >= 4 is 29.2 Å². The molecule has 0 unspecified atom stereocenters. The number of rotatable bonds is 8. The Balaban J connectivity index is 1.55. The topological polar surface area (TPSA) is 129 Å². The highest BCUT2D eigenvalue weighted by atomic mass is 16.5. The number of nitriles is 1. The number of esters is 1. The van der Waals surface area contributed by atoms with E-state index in [1.54, 1.807) is 42.6 Å². The zero-order chi connectivity index (χ0) is 26.2. The lowest BCUT2D eigenvalue weighted by atomic mass is 10.1. The first-order chi connectivity index (χ1) is 17.9. The summed E-state index contributed by atoms with van der Waals surface area (Å²) >= 11 is 0. The number of aromatic nitrogens is 2. The maximum absolute atomic E-state index is 12.9. The molecule has 1 saturated heterocycles. The van der Waals surface area contributed by atoms with Crippen molar-refractivity contribution in [1.29, 1.82) is 5.26 Å². The van der Waals surface area contributed by atoms with Gasteiger partial charge in [0, 0.05) is 36.1 Å². The second kappa shape index (κ2) is 12.0. The normalized spacial score (nSPS) is 13.1. The molecule has 4 rings (SSSR count). The Morgan fingerprint density at radius 2 is 1.89 bits per heavy atom. The van der Waals surface area contributed by atoms with Gasteiger partial charge in [0.05, 0.1) is 42.3 Å². The molecule has 0 saturated carbocycles. The van der Waals surface area contributed by atoms with E-state index in [4.69, 9.17) is 14.7 Å². The van der Waals surface area contributed by atoms with Crippen LogP contribution in [0.5, 0.6) is 0 Å². The van der Waals surface area contributed by atoms with E-state index in [0.717, 1.165) is 11.3 Å². The molecule has 0 aliphatic carbocycles. The zero-order valence-corrected chi connectivity index (χ0v) is 20.7. The molecule has 2 aromatic carbocycles. The number of amides is 1. The molecule has 1 aliphatic heterocycles. The second-order valence-corrected chi connectivity index (χ2v) is 8.59. The minimum atomic E-state index is -0.395. The monoisotopic (exact) mass is 500 g/mol. The van der Waals surface area contributed by atoms with Gasteiger partial charge in [0.15, 0.2) is 0 Å². The lowest BCUT2D eigenvalue weighted by Crippen LogP contribution is -2.37. The van der Waals surface area contributed by atoms with Crippen molar-refractivity contribution in [2.75, 3.05) is 43.1 Å². The summed E-state index contributed by atoms with van der Waals surface area (Å²) in [4.78, 5) is 36.0. The number of carbonyl (C=O) groups excluding carboxylic acids is 2. The molecule has 2 N–H and O–H groups in total. The van der Waals surface area contributed by atoms with Crippen LogP contribution in [0.3, 0.4) is 0 Å². The molecule has 1 aromatic heterocycles. The summed E-state index contributed by atoms with van der Waals surface area (Å²) in [5.41, 5.74) is 3.81. The van der Waals surface area contributed by atoms with E-state index in [2.05, 4.69) is 25.5 Å². The predicted molar refractivity (Wildman–Crippen MR) is 139 cm³/mol. The fourth-order valence-electron chi connectivity index (χ4n) is 3.86. The summed E-state index contributed by atoms with van der Waals surface area (Å²) in [6, 6.07) is 16.1. The first-order valence-corrected chi connectivity index (χ1v) is 12.0. The van der Waals surface area contributed by atoms with Crippen LogP contribution in [-0.2, 0) is 9.47 Å². The Morgan fingerprint density at radius 3 is 2.59 bits per heavy atom. The number of benzene rings is 2. The van der Waals surface area contributed by atoms with Crippen molar-refractivity contribution in [2.45, 2.75) is 20.0 Å². The van der Waals surface area contributed by atoms with Gasteiger partial charge < -0.3 is 25.0 Å². The van der Waals surface area contributed by atoms with Crippen molar-refractivity contribution in [3.63, 3.8) is 0 Å². The minimum Gasteiger partial charge on any atom is -0.459 e. The van der Waals surface area contributed by atoms with E-state index < -0.39 is 5.97 Å². The average molecular weight is 501 g/mol. The van der Waals surface area contributed by atoms with E-state index in [1.807, 2.05) is 32.0 Å². The Morgan fingerprint density at radius 1 is 1.14 bits per heavy atom. The van der Waals surface area contributed by atoms with Gasteiger partial charge in [0.25, 0.3) is 5.91 Å². The summed E-state index contributed by atoms with van der Waals surface area (Å²) in [5, 5.41) is 14.3. The number of ether oxygens (including phenoxy) is 2. The number of hydrogen-bond acceptors (Lipinski definition) is 9. The molecule has 3 aromatic rings. The van der Waals surface area contributed by atoms with Crippen LogP contribution in [0.4, 0.5) is 17.3 Å². The fourth-order valence-corrected chi connectivity index (χ4v) is 3.86. The van der Waals surface area contributed by atoms with Gasteiger partial charge in [-0.3, -0.25) is 4.79 Å². The molecule has 10 nitrogen and oxygen atoms in total. The maximum Gasteiger partial charge on any atom is 0.340 e. The van der Waals surface area contributed by atoms with E-state index in [-0.39, 0.29) is 18.6 Å². The van der Waals surface area contributed by atoms with Crippen LogP contribution in [0.15, 0.2) is 54.7 Å². The fraction of sp³-hybridized carbons (Fsp3) is 0.296. The molecular formula is C27H28N6O4. The zero-order valence-electron chi connectivity index (χ0n) is 20.7. The van der Waals surface area contributed by atoms with Crippen LogP contribution in [0.2, 0.25) is 0 Å². The average Bonchev–Trinajstić information content (AvgIpc) is 2.92. The molecule has 0 atom stereocenters. The summed E-state index contributed by atoms with van der Waals surface area (Å²) < 4.78 is 10.9. The lowest BCUT2D eigenvalue weighted by Gasteiger charge is -2.30. The van der Waals surface area contributed by atoms with Gasteiger partial charge in [-0.25, -0.2) is 14.8 Å². The molecule has 37 heavy (non-hydrogen) atoms. The van der Waals surface area contributed by atoms with Crippen molar-refractivity contribution in [2.24, 2.45) is 0 Å². The summed E-state index contributed by atoms with van der Waals surface area (Å²) in [6.07, 6.45) is 1.39. The number of anilines is 3. The van der Waals surface area contributed by atoms with E-state index >= 15 is 0 Å². The van der Waals surface area contributed by atoms with Crippen molar-refractivity contribution in [1.82, 2.24) is 15.3 Å². The predicted octanol–water partition coefficient (Wildman–Crippen LogP) is 3.54. The minimum absolute atomic E-state index is 0.0497. The molecule has 10 heteroatoms. The SMILES string of the molecule is CC(C)OC(=O)c1cc(Nc2nccc(-c3ccc(C(=O)NCC#N)cc3)n2)ccc1N1CCOCC1. The van der Waals surface area contributed by atoms with Crippen LogP contribution in [0.1, 0.15) is 34.6 Å². The molecule has 2 heterocycles. The first kappa shape index (κ1) is 25.6. The third-order valence-electron chi connectivity index (χ3n) is 5.59. The summed E-state index contributed by atoms with van der Waals surface area (Å²) in [5.74, 6) is -0.352. The van der Waals surface area contributed by atoms with Crippen LogP contribution in [0.25, 0.3) is 11.3 Å². The van der Waals surface area contributed by atoms with Crippen molar-refractivity contribution < 1.29 is 19.1 Å². The second-order valence-electron chi connectivity index (χ2n) is 8.59. The molecule has 1 aliphatic rings. The number of hydrogen-bond donors (Lipinski definition) is 2. The van der Waals surface area contributed by atoms with Gasteiger partial charge in [-0.1, -0.05) is 12.1 Å². The highest BCUT2D eigenvalue weighted by Crippen LogP contribution is 2.28. The summed E-state index contributed by atoms with van der Waals surface area (Å²) in [7, 11) is 0. The van der Waals surface area contributed by atoms with E-state index in [0.29, 0.717) is 54.8 Å². The van der Waals surface area contributed by atoms with Crippen LogP contribution in [-0.4, -0.2) is 60.8 Å². The van der Waals surface area contributed by atoms with E-state index in [1.165, 1.54) is 0 Å². The molecule has 1 amide bonds. The van der Waals surface area contributed by atoms with Crippen molar-refractivity contribution in [3.8, 4) is 17.3 Å². The largest absolute Gasteiger partial charge is 0.459 e. The highest BCUT2D eigenvalue weighted by molar-refractivity contribution is 5.97. The summed E-state index contributed by atoms with van der Waals surface area (Å²) in [6.45, 7) is 6.18. The van der Waals surface area contributed by atoms with Gasteiger partial charge in [-0.2, -0.15) is 5.26 Å². The van der Waals surface area contributed by atoms with Gasteiger partial charge >= 0.3 is 5.97 Å². The third-order valence-corrected chi connectivity index (χ3v) is 5.59. The van der Waals surface area contributed by atoms with Gasteiger partial charge in [0.1, 0.15) is 6.54 Å². The van der Waals surface area contributed by atoms with Gasteiger partial charge in [0.2, 0.25) is 5.95 Å².